The minimum Gasteiger partial charge on any atom is -0.400 e. The Morgan fingerprint density at radius 3 is 0.604 bits per heavy atom. The van der Waals surface area contributed by atoms with Crippen molar-refractivity contribution >= 4 is 61.7 Å². The molecule has 0 aliphatic carbocycles. The van der Waals surface area contributed by atoms with E-state index in [4.69, 9.17) is 8.23 Å². The SMILES string of the molecule is O[Si](O[Si](c1ccccc1)(c1ccccc1)c1ccccc1)(O[Si](c1ccccc1)(c1ccccc1)c1ccccc1)c1ccccc1. The fourth-order valence-corrected chi connectivity index (χ4v) is 20.8. The van der Waals surface area contributed by atoms with Crippen LogP contribution in [0.2, 0.25) is 0 Å². The van der Waals surface area contributed by atoms with Crippen molar-refractivity contribution in [2.75, 3.05) is 0 Å². The summed E-state index contributed by atoms with van der Waals surface area (Å²) in [5.41, 5.74) is 0. The molecule has 48 heavy (non-hydrogen) atoms. The van der Waals surface area contributed by atoms with Crippen molar-refractivity contribution in [3.63, 3.8) is 0 Å². The minimum atomic E-state index is -4.37. The Hall–Kier alpha value is -4.93. The summed E-state index contributed by atoms with van der Waals surface area (Å²) >= 11 is 0. The Bertz CT molecular complexity index is 1690. The van der Waals surface area contributed by atoms with Crippen molar-refractivity contribution in [1.29, 1.82) is 0 Å². The summed E-state index contributed by atoms with van der Waals surface area (Å²) in [6.07, 6.45) is 0. The van der Waals surface area contributed by atoms with Gasteiger partial charge >= 0.3 is 8.80 Å². The van der Waals surface area contributed by atoms with Crippen molar-refractivity contribution in [2.45, 2.75) is 0 Å². The standard InChI is InChI=1S/C42H36O3Si3/c43-48(42-34-20-7-21-35-42,44-46(36-22-8-1-9-23-36,37-24-10-2-11-25-37)38-26-12-3-13-27-38)45-47(39-28-14-4-15-29-39,40-30-16-5-17-31-40)41-32-18-6-19-33-41/h1-35,43H. The molecule has 0 aliphatic rings. The third-order valence-electron chi connectivity index (χ3n) is 8.80. The Labute approximate surface area is 286 Å². The highest BCUT2D eigenvalue weighted by Crippen LogP contribution is 2.22. The van der Waals surface area contributed by atoms with Gasteiger partial charge in [-0.15, -0.1) is 0 Å². The van der Waals surface area contributed by atoms with Gasteiger partial charge in [0.2, 0.25) is 0 Å². The first kappa shape index (κ1) is 31.7. The molecule has 3 nitrogen and oxygen atoms in total. The van der Waals surface area contributed by atoms with Crippen molar-refractivity contribution in [3.05, 3.63) is 212 Å². The summed E-state index contributed by atoms with van der Waals surface area (Å²) in [6, 6.07) is 72.0. The van der Waals surface area contributed by atoms with Gasteiger partial charge in [0.05, 0.1) is 0 Å². The van der Waals surface area contributed by atoms with Crippen molar-refractivity contribution < 1.29 is 13.0 Å². The highest BCUT2D eigenvalue weighted by atomic mass is 28.5. The third kappa shape index (κ3) is 5.97. The first-order valence-electron chi connectivity index (χ1n) is 16.2. The minimum absolute atomic E-state index is 0.657. The quantitative estimate of drug-likeness (QED) is 0.166. The van der Waals surface area contributed by atoms with E-state index in [0.717, 1.165) is 31.1 Å². The summed E-state index contributed by atoms with van der Waals surface area (Å²) in [6.45, 7) is 0. The molecule has 0 saturated carbocycles. The normalized spacial score (nSPS) is 12.0. The lowest BCUT2D eigenvalue weighted by atomic mass is 10.3. The zero-order valence-electron chi connectivity index (χ0n) is 26.5. The third-order valence-corrected chi connectivity index (χ3v) is 21.4. The average Bonchev–Trinajstić information content (AvgIpc) is 3.18. The van der Waals surface area contributed by atoms with Crippen LogP contribution in [0.25, 0.3) is 0 Å². The molecule has 0 unspecified atom stereocenters. The smallest absolute Gasteiger partial charge is 0.400 e. The molecule has 234 valence electrons. The lowest BCUT2D eigenvalue weighted by Crippen LogP contribution is -2.80. The second kappa shape index (κ2) is 14.0. The van der Waals surface area contributed by atoms with E-state index in [-0.39, 0.29) is 0 Å². The second-order valence-corrected chi connectivity index (χ2v) is 21.3. The first-order valence-corrected chi connectivity index (χ1v) is 21.7. The Morgan fingerprint density at radius 1 is 0.250 bits per heavy atom. The highest BCUT2D eigenvalue weighted by molar-refractivity contribution is 7.14. The van der Waals surface area contributed by atoms with E-state index >= 15 is 0 Å². The van der Waals surface area contributed by atoms with Crippen LogP contribution in [0.5, 0.6) is 0 Å². The molecule has 7 rings (SSSR count). The van der Waals surface area contributed by atoms with Crippen LogP contribution in [-0.2, 0) is 8.23 Å². The summed E-state index contributed by atoms with van der Waals surface area (Å²) in [4.78, 5) is 13.7. The summed E-state index contributed by atoms with van der Waals surface area (Å²) in [5.74, 6) is 0. The van der Waals surface area contributed by atoms with Crippen LogP contribution < -0.4 is 36.3 Å². The molecule has 0 fully saturated rings. The molecule has 0 spiro atoms. The zero-order chi connectivity index (χ0) is 32.7. The molecule has 1 N–H and O–H groups in total. The molecule has 0 heterocycles. The van der Waals surface area contributed by atoms with Gasteiger partial charge in [0.25, 0.3) is 16.6 Å². The van der Waals surface area contributed by atoms with E-state index in [1.807, 2.05) is 140 Å². The van der Waals surface area contributed by atoms with Gasteiger partial charge in [-0.1, -0.05) is 212 Å². The van der Waals surface area contributed by atoms with Crippen LogP contribution in [-0.4, -0.2) is 30.2 Å². The highest BCUT2D eigenvalue weighted by Gasteiger charge is 2.58. The number of rotatable bonds is 11. The van der Waals surface area contributed by atoms with Gasteiger partial charge in [-0.05, 0) is 31.1 Å². The molecule has 7 aromatic carbocycles. The van der Waals surface area contributed by atoms with Gasteiger partial charge in [0.15, 0.2) is 0 Å². The molecule has 7 aromatic rings. The number of benzene rings is 7. The largest absolute Gasteiger partial charge is 0.514 e. The number of hydrogen-bond acceptors (Lipinski definition) is 3. The Kier molecular flexibility index (Phi) is 9.27. The van der Waals surface area contributed by atoms with Gasteiger partial charge in [0.1, 0.15) is 0 Å². The predicted molar refractivity (Wildman–Crippen MR) is 204 cm³/mol. The lowest BCUT2D eigenvalue weighted by molar-refractivity contribution is 0.274. The fraction of sp³-hybridized carbons (Fsp3) is 0. The van der Waals surface area contributed by atoms with Crippen LogP contribution in [0.4, 0.5) is 0 Å². The Morgan fingerprint density at radius 2 is 0.417 bits per heavy atom. The van der Waals surface area contributed by atoms with Gasteiger partial charge in [-0.3, -0.25) is 0 Å². The molecule has 0 amide bonds. The van der Waals surface area contributed by atoms with Crippen LogP contribution in [0, 0.1) is 0 Å². The number of hydrogen-bond donors (Lipinski definition) is 1. The van der Waals surface area contributed by atoms with Gasteiger partial charge in [-0.25, -0.2) is 0 Å². The second-order valence-electron chi connectivity index (χ2n) is 11.7. The van der Waals surface area contributed by atoms with Crippen LogP contribution >= 0.6 is 0 Å². The topological polar surface area (TPSA) is 38.7 Å². The van der Waals surface area contributed by atoms with E-state index < -0.39 is 25.4 Å². The summed E-state index contributed by atoms with van der Waals surface area (Å²) in [5, 5.41) is 6.82. The van der Waals surface area contributed by atoms with Gasteiger partial charge < -0.3 is 13.0 Å². The molecule has 0 saturated heterocycles. The van der Waals surface area contributed by atoms with Crippen LogP contribution in [0.3, 0.4) is 0 Å². The molecule has 6 heteroatoms. The zero-order valence-corrected chi connectivity index (χ0v) is 29.5. The summed E-state index contributed by atoms with van der Waals surface area (Å²) in [7, 11) is -11.2. The fourth-order valence-electron chi connectivity index (χ4n) is 6.59. The van der Waals surface area contributed by atoms with Gasteiger partial charge in [0, 0.05) is 5.19 Å². The Balaban J connectivity index is 1.55. The first-order chi connectivity index (χ1) is 23.7. The monoisotopic (exact) mass is 672 g/mol. The molecular formula is C42H36O3Si3. The molecule has 0 bridgehead atoms. The maximum atomic E-state index is 13.7. The van der Waals surface area contributed by atoms with E-state index in [9.17, 15) is 4.80 Å². The summed E-state index contributed by atoms with van der Waals surface area (Å²) < 4.78 is 15.5. The molecule has 0 aliphatic heterocycles. The van der Waals surface area contributed by atoms with Crippen LogP contribution in [0.15, 0.2) is 212 Å². The lowest BCUT2D eigenvalue weighted by Gasteiger charge is -2.44. The molecule has 0 aromatic heterocycles. The molecule has 0 atom stereocenters. The molecular weight excluding hydrogens is 637 g/mol. The van der Waals surface area contributed by atoms with Crippen molar-refractivity contribution in [2.24, 2.45) is 0 Å². The van der Waals surface area contributed by atoms with E-state index in [2.05, 4.69) is 72.8 Å². The van der Waals surface area contributed by atoms with E-state index in [1.54, 1.807) is 0 Å². The molecule has 0 radical (unpaired) electrons. The predicted octanol–water partition coefficient (Wildman–Crippen LogP) is 4.19. The van der Waals surface area contributed by atoms with E-state index in [0.29, 0.717) is 5.19 Å². The van der Waals surface area contributed by atoms with E-state index in [1.165, 1.54) is 0 Å². The maximum Gasteiger partial charge on any atom is 0.514 e. The van der Waals surface area contributed by atoms with Crippen LogP contribution in [0.1, 0.15) is 0 Å². The maximum absolute atomic E-state index is 13.7. The van der Waals surface area contributed by atoms with Crippen molar-refractivity contribution in [3.8, 4) is 0 Å². The average molecular weight is 673 g/mol. The van der Waals surface area contributed by atoms with Gasteiger partial charge in [-0.2, -0.15) is 0 Å². The van der Waals surface area contributed by atoms with Crippen molar-refractivity contribution in [1.82, 2.24) is 0 Å².